The molecule has 20 heavy (non-hydrogen) atoms. The molecule has 0 aromatic rings. The van der Waals surface area contributed by atoms with E-state index in [1.165, 1.54) is 22.6 Å². The van der Waals surface area contributed by atoms with Gasteiger partial charge in [-0.2, -0.15) is 35.1 Å². The highest BCUT2D eigenvalue weighted by atomic mass is 127. The third kappa shape index (κ3) is 2.72. The summed E-state index contributed by atoms with van der Waals surface area (Å²) in [7, 11) is 0. The van der Waals surface area contributed by atoms with Gasteiger partial charge in [0.2, 0.25) is 0 Å². The fourth-order valence-corrected chi connectivity index (χ4v) is 3.66. The van der Waals surface area contributed by atoms with Crippen molar-refractivity contribution in [3.63, 3.8) is 0 Å². The van der Waals surface area contributed by atoms with Crippen LogP contribution < -0.4 is 0 Å². The van der Waals surface area contributed by atoms with Crippen LogP contribution in [0.15, 0.2) is 0 Å². The average Bonchev–Trinajstić information content (AvgIpc) is 2.25. The molecule has 0 bridgehead atoms. The van der Waals surface area contributed by atoms with Crippen LogP contribution >= 0.6 is 22.6 Å². The Morgan fingerprint density at radius 2 is 1.15 bits per heavy atom. The third-order valence-electron chi connectivity index (χ3n) is 3.42. The first-order valence-corrected chi connectivity index (χ1v) is 6.85. The van der Waals surface area contributed by atoms with E-state index in [4.69, 9.17) is 0 Å². The van der Waals surface area contributed by atoms with Gasteiger partial charge in [0.05, 0.1) is 0 Å². The normalized spacial score (nSPS) is 29.1. The molecule has 1 rings (SSSR count). The van der Waals surface area contributed by atoms with Crippen molar-refractivity contribution in [1.29, 1.82) is 0 Å². The zero-order chi connectivity index (χ0) is 16.0. The van der Waals surface area contributed by atoms with Crippen LogP contribution in [0, 0.1) is 5.92 Å². The number of hydrogen-bond acceptors (Lipinski definition) is 0. The Balaban J connectivity index is 3.37. The Morgan fingerprint density at radius 1 is 0.700 bits per heavy atom. The maximum absolute atomic E-state index is 14.1. The molecule has 3 atom stereocenters. The van der Waals surface area contributed by atoms with Gasteiger partial charge < -0.3 is 0 Å². The summed E-state index contributed by atoms with van der Waals surface area (Å²) in [6.07, 6.45) is -13.2. The molecule has 0 aromatic carbocycles. The summed E-state index contributed by atoms with van der Waals surface area (Å²) in [5.74, 6) is -8.91. The number of halogens is 10. The molecule has 120 valence electrons. The lowest BCUT2D eigenvalue weighted by Gasteiger charge is -2.44. The molecule has 0 N–H and O–H groups in total. The molecule has 3 unspecified atom stereocenters. The van der Waals surface area contributed by atoms with Crippen molar-refractivity contribution in [3.05, 3.63) is 0 Å². The smallest absolute Gasteiger partial charge is 0.226 e. The summed E-state index contributed by atoms with van der Waals surface area (Å²) in [5, 5.41) is 0. The van der Waals surface area contributed by atoms with Gasteiger partial charge in [0.15, 0.2) is 0 Å². The predicted molar refractivity (Wildman–Crippen MR) is 60.7 cm³/mol. The summed E-state index contributed by atoms with van der Waals surface area (Å²) in [6.45, 7) is 0. The van der Waals surface area contributed by atoms with Gasteiger partial charge in [0.25, 0.3) is 5.67 Å². The van der Waals surface area contributed by atoms with Crippen LogP contribution in [0.1, 0.15) is 25.7 Å². The summed E-state index contributed by atoms with van der Waals surface area (Å²) in [5.41, 5.74) is -5.61. The van der Waals surface area contributed by atoms with Crippen molar-refractivity contribution < 1.29 is 39.5 Å². The zero-order valence-electron chi connectivity index (χ0n) is 9.76. The van der Waals surface area contributed by atoms with E-state index < -0.39 is 40.2 Å². The second-order valence-electron chi connectivity index (χ2n) is 4.69. The topological polar surface area (TPSA) is 0 Å². The lowest BCUT2D eigenvalue weighted by Crippen LogP contribution is -2.67. The fourth-order valence-electron chi connectivity index (χ4n) is 2.36. The average molecular weight is 428 g/mol. The summed E-state index contributed by atoms with van der Waals surface area (Å²) in [4.78, 5) is 0. The molecule has 0 aliphatic heterocycles. The first kappa shape index (κ1) is 18.1. The molecule has 1 aliphatic carbocycles. The minimum Gasteiger partial charge on any atom is -0.226 e. The summed E-state index contributed by atoms with van der Waals surface area (Å²) in [6, 6.07) is 0. The second kappa shape index (κ2) is 5.38. The molecule has 1 aliphatic rings. The van der Waals surface area contributed by atoms with E-state index in [0.29, 0.717) is 6.42 Å². The van der Waals surface area contributed by atoms with Crippen LogP contribution in [0.4, 0.5) is 39.5 Å². The van der Waals surface area contributed by atoms with Gasteiger partial charge in [-0.25, -0.2) is 4.39 Å². The van der Waals surface area contributed by atoms with Gasteiger partial charge in [-0.3, -0.25) is 0 Å². The quantitative estimate of drug-likeness (QED) is 0.312. The van der Waals surface area contributed by atoms with Crippen molar-refractivity contribution in [2.45, 2.75) is 53.6 Å². The Labute approximate surface area is 122 Å². The Hall–Kier alpha value is 0.1000. The molecule has 0 saturated heterocycles. The van der Waals surface area contributed by atoms with Gasteiger partial charge in [-0.05, 0) is 12.8 Å². The fraction of sp³-hybridized carbons (Fsp3) is 1.00. The van der Waals surface area contributed by atoms with E-state index in [-0.39, 0.29) is 12.8 Å². The Kier molecular flexibility index (Phi) is 4.88. The summed E-state index contributed by atoms with van der Waals surface area (Å²) >= 11 is 1.31. The highest BCUT2D eigenvalue weighted by Crippen LogP contribution is 2.59. The summed E-state index contributed by atoms with van der Waals surface area (Å²) < 4.78 is 114. The lowest BCUT2D eigenvalue weighted by molar-refractivity contribution is -0.395. The minimum atomic E-state index is -6.61. The zero-order valence-corrected chi connectivity index (χ0v) is 11.9. The van der Waals surface area contributed by atoms with Crippen LogP contribution in [0.25, 0.3) is 0 Å². The maximum Gasteiger partial charge on any atom is 0.457 e. The number of alkyl halides is 10. The Morgan fingerprint density at radius 3 is 1.50 bits per heavy atom. The highest BCUT2D eigenvalue weighted by molar-refractivity contribution is 14.1. The molecule has 0 nitrogen and oxygen atoms in total. The molecule has 1 fully saturated rings. The molecule has 0 spiro atoms. The Bertz CT molecular complexity index is 348. The lowest BCUT2D eigenvalue weighted by atomic mass is 9.74. The van der Waals surface area contributed by atoms with E-state index in [9.17, 15) is 39.5 Å². The molecule has 10 heteroatoms. The monoisotopic (exact) mass is 428 g/mol. The van der Waals surface area contributed by atoms with Crippen molar-refractivity contribution in [3.8, 4) is 0 Å². The van der Waals surface area contributed by atoms with Gasteiger partial charge in [0, 0.05) is 9.84 Å². The maximum atomic E-state index is 14.1. The van der Waals surface area contributed by atoms with Crippen molar-refractivity contribution in [2.24, 2.45) is 5.92 Å². The molecule has 0 heterocycles. The molecule has 0 radical (unpaired) electrons. The number of rotatable bonds is 2. The molecular formula is C10H10F9I. The first-order valence-electron chi connectivity index (χ1n) is 5.61. The van der Waals surface area contributed by atoms with Gasteiger partial charge in [-0.1, -0.05) is 35.4 Å². The van der Waals surface area contributed by atoms with E-state index in [0.717, 1.165) is 0 Å². The second-order valence-corrected chi connectivity index (χ2v) is 6.29. The predicted octanol–water partition coefficient (Wildman–Crippen LogP) is 5.45. The standard InChI is InChI=1S/C10H10F9I/c11-7(9(14,15)16,8(12,13)10(17,18)19)5-3-1-2-4-6(5)20/h5-6H,1-4H2. The van der Waals surface area contributed by atoms with E-state index in [1.807, 2.05) is 0 Å². The third-order valence-corrected chi connectivity index (χ3v) is 4.91. The van der Waals surface area contributed by atoms with Gasteiger partial charge >= 0.3 is 18.3 Å². The first-order chi connectivity index (χ1) is 8.77. The van der Waals surface area contributed by atoms with Crippen molar-refractivity contribution in [1.82, 2.24) is 0 Å². The van der Waals surface area contributed by atoms with Crippen LogP contribution in [-0.2, 0) is 0 Å². The van der Waals surface area contributed by atoms with Crippen LogP contribution in [-0.4, -0.2) is 27.9 Å². The molecule has 0 aromatic heterocycles. The van der Waals surface area contributed by atoms with E-state index in [2.05, 4.69) is 0 Å². The van der Waals surface area contributed by atoms with Crippen LogP contribution in [0.5, 0.6) is 0 Å². The minimum absolute atomic E-state index is 0.0140. The number of hydrogen-bond donors (Lipinski definition) is 0. The molecule has 1 saturated carbocycles. The SMILES string of the molecule is FC(F)(F)C(F)(F)C(F)(C1CCCCC1I)C(F)(F)F. The largest absolute Gasteiger partial charge is 0.457 e. The van der Waals surface area contributed by atoms with Crippen molar-refractivity contribution >= 4 is 22.6 Å². The van der Waals surface area contributed by atoms with Gasteiger partial charge in [-0.15, -0.1) is 0 Å². The molecular weight excluding hydrogens is 418 g/mol. The molecule has 0 amide bonds. The van der Waals surface area contributed by atoms with E-state index in [1.54, 1.807) is 0 Å². The van der Waals surface area contributed by atoms with E-state index >= 15 is 0 Å². The van der Waals surface area contributed by atoms with Crippen molar-refractivity contribution in [2.75, 3.05) is 0 Å². The van der Waals surface area contributed by atoms with Crippen LogP contribution in [0.2, 0.25) is 0 Å². The highest BCUT2D eigenvalue weighted by Gasteiger charge is 2.83. The van der Waals surface area contributed by atoms with Crippen LogP contribution in [0.3, 0.4) is 0 Å². The van der Waals surface area contributed by atoms with Gasteiger partial charge in [0.1, 0.15) is 0 Å².